The number of anilines is 1. The number of rotatable bonds is 3. The van der Waals surface area contributed by atoms with Gasteiger partial charge in [0.05, 0.1) is 13.2 Å². The first-order valence-electron chi connectivity index (χ1n) is 8.61. The van der Waals surface area contributed by atoms with Crippen LogP contribution in [0.2, 0.25) is 0 Å². The maximum atomic E-state index is 12.7. The van der Waals surface area contributed by atoms with E-state index >= 15 is 0 Å². The summed E-state index contributed by atoms with van der Waals surface area (Å²) in [7, 11) is 0. The molecule has 5 heteroatoms. The van der Waals surface area contributed by atoms with Crippen LogP contribution < -0.4 is 10.2 Å². The molecule has 0 aliphatic carbocycles. The topological polar surface area (TPSA) is 41.6 Å². The number of nitrogens with one attached hydrogen (secondary N) is 1. The molecule has 1 N–H and O–H groups in total. The minimum Gasteiger partial charge on any atom is -0.378 e. The largest absolute Gasteiger partial charge is 0.378 e. The van der Waals surface area contributed by atoms with Crippen LogP contribution in [0.5, 0.6) is 0 Å². The quantitative estimate of drug-likeness (QED) is 0.917. The van der Waals surface area contributed by atoms with Crippen LogP contribution in [-0.4, -0.2) is 38.3 Å². The van der Waals surface area contributed by atoms with Gasteiger partial charge in [-0.25, -0.2) is 0 Å². The molecule has 4 nitrogen and oxygen atoms in total. The molecule has 25 heavy (non-hydrogen) atoms. The van der Waals surface area contributed by atoms with E-state index in [0.29, 0.717) is 13.0 Å². The second-order valence-electron chi connectivity index (χ2n) is 6.43. The van der Waals surface area contributed by atoms with Crippen molar-refractivity contribution in [3.63, 3.8) is 0 Å². The number of halogens is 1. The Morgan fingerprint density at radius 1 is 1.16 bits per heavy atom. The highest BCUT2D eigenvalue weighted by molar-refractivity contribution is 5.96. The van der Waals surface area contributed by atoms with Crippen molar-refractivity contribution in [2.45, 2.75) is 18.9 Å². The van der Waals surface area contributed by atoms with E-state index in [1.54, 1.807) is 0 Å². The molecule has 0 bridgehead atoms. The summed E-state index contributed by atoms with van der Waals surface area (Å²) in [5.74, 6) is 0.184. The van der Waals surface area contributed by atoms with E-state index in [0.717, 1.165) is 31.8 Å². The maximum absolute atomic E-state index is 12.7. The van der Waals surface area contributed by atoms with Crippen molar-refractivity contribution in [1.82, 2.24) is 5.32 Å². The van der Waals surface area contributed by atoms with Gasteiger partial charge in [0.1, 0.15) is 0 Å². The van der Waals surface area contributed by atoms with Crippen LogP contribution in [0, 0.1) is 0 Å². The highest BCUT2D eigenvalue weighted by Gasteiger charge is 2.27. The first-order valence-corrected chi connectivity index (χ1v) is 8.61. The van der Waals surface area contributed by atoms with E-state index in [-0.39, 0.29) is 24.4 Å². The molecule has 2 heterocycles. The minimum atomic E-state index is 0. The highest BCUT2D eigenvalue weighted by atomic mass is 35.5. The first kappa shape index (κ1) is 17.9. The minimum absolute atomic E-state index is 0. The predicted octanol–water partition coefficient (Wildman–Crippen LogP) is 3.04. The summed E-state index contributed by atoms with van der Waals surface area (Å²) < 4.78 is 5.45. The Morgan fingerprint density at radius 2 is 2.00 bits per heavy atom. The number of amides is 1. The molecule has 132 valence electrons. The van der Waals surface area contributed by atoms with Gasteiger partial charge in [0.25, 0.3) is 0 Å². The van der Waals surface area contributed by atoms with E-state index in [2.05, 4.69) is 47.8 Å². The number of morpholine rings is 1. The molecule has 0 spiro atoms. The van der Waals surface area contributed by atoms with Crippen LogP contribution in [0.25, 0.3) is 11.1 Å². The molecule has 1 atom stereocenters. The van der Waals surface area contributed by atoms with Crippen molar-refractivity contribution in [2.75, 3.05) is 31.2 Å². The number of ether oxygens (including phenoxy) is 1. The summed E-state index contributed by atoms with van der Waals surface area (Å²) in [4.78, 5) is 14.6. The molecule has 1 fully saturated rings. The summed E-state index contributed by atoms with van der Waals surface area (Å²) in [6.07, 6.45) is 1.43. The van der Waals surface area contributed by atoms with Crippen LogP contribution >= 0.6 is 12.4 Å². The van der Waals surface area contributed by atoms with Crippen molar-refractivity contribution >= 4 is 24.0 Å². The molecule has 0 aromatic heterocycles. The van der Waals surface area contributed by atoms with Crippen molar-refractivity contribution in [3.8, 4) is 11.1 Å². The molecule has 2 aliphatic rings. The number of nitrogens with zero attached hydrogens (tertiary/aromatic N) is 1. The fourth-order valence-corrected chi connectivity index (χ4v) is 3.54. The molecule has 1 unspecified atom stereocenters. The van der Waals surface area contributed by atoms with Gasteiger partial charge in [-0.3, -0.25) is 4.79 Å². The van der Waals surface area contributed by atoms with Gasteiger partial charge in [-0.15, -0.1) is 12.4 Å². The van der Waals surface area contributed by atoms with Gasteiger partial charge in [0, 0.05) is 31.2 Å². The summed E-state index contributed by atoms with van der Waals surface area (Å²) >= 11 is 0. The standard InChI is InChI=1S/C20H22N2O2.ClH/c23-20(13-18-14-24-11-9-21-18)22-10-8-17-12-16(6-7-19(17)22)15-4-2-1-3-5-15;/h1-7,12,18,21H,8-11,13-14H2;1H. The molecule has 2 aliphatic heterocycles. The fourth-order valence-electron chi connectivity index (χ4n) is 3.54. The average Bonchev–Trinajstić information content (AvgIpc) is 3.06. The number of carbonyl (C=O) groups excluding carboxylic acids is 1. The van der Waals surface area contributed by atoms with E-state index in [9.17, 15) is 4.79 Å². The zero-order valence-corrected chi connectivity index (χ0v) is 14.9. The Morgan fingerprint density at radius 3 is 2.76 bits per heavy atom. The Labute approximate surface area is 154 Å². The van der Waals surface area contributed by atoms with Gasteiger partial charge in [-0.1, -0.05) is 36.4 Å². The van der Waals surface area contributed by atoms with Gasteiger partial charge >= 0.3 is 0 Å². The third-order valence-electron chi connectivity index (χ3n) is 4.80. The van der Waals surface area contributed by atoms with E-state index in [4.69, 9.17) is 4.74 Å². The van der Waals surface area contributed by atoms with Gasteiger partial charge in [0.2, 0.25) is 5.91 Å². The fraction of sp³-hybridized carbons (Fsp3) is 0.350. The lowest BCUT2D eigenvalue weighted by molar-refractivity contribution is -0.119. The molecular formula is C20H23ClN2O2. The number of carbonyl (C=O) groups is 1. The molecular weight excluding hydrogens is 336 g/mol. The van der Waals surface area contributed by atoms with Crippen LogP contribution in [0.3, 0.4) is 0 Å². The zero-order chi connectivity index (χ0) is 16.4. The van der Waals surface area contributed by atoms with Crippen LogP contribution in [0.4, 0.5) is 5.69 Å². The molecule has 0 radical (unpaired) electrons. The molecule has 0 saturated carbocycles. The monoisotopic (exact) mass is 358 g/mol. The Bertz CT molecular complexity index is 730. The Hall–Kier alpha value is -1.88. The lowest BCUT2D eigenvalue weighted by Crippen LogP contribution is -2.45. The van der Waals surface area contributed by atoms with Crippen LogP contribution in [0.1, 0.15) is 12.0 Å². The van der Waals surface area contributed by atoms with Gasteiger partial charge in [-0.05, 0) is 35.2 Å². The average molecular weight is 359 g/mol. The van der Waals surface area contributed by atoms with Crippen molar-refractivity contribution in [3.05, 3.63) is 54.1 Å². The summed E-state index contributed by atoms with van der Waals surface area (Å²) in [5.41, 5.74) is 4.76. The Kier molecular flexibility index (Phi) is 5.74. The van der Waals surface area contributed by atoms with E-state index in [1.807, 2.05) is 11.0 Å². The molecule has 4 rings (SSSR count). The first-order chi connectivity index (χ1) is 11.8. The van der Waals surface area contributed by atoms with Gasteiger partial charge < -0.3 is 15.0 Å². The Balaban J connectivity index is 0.00000182. The maximum Gasteiger partial charge on any atom is 0.228 e. The van der Waals surface area contributed by atoms with Crippen molar-refractivity contribution in [1.29, 1.82) is 0 Å². The van der Waals surface area contributed by atoms with Gasteiger partial charge in [-0.2, -0.15) is 0 Å². The predicted molar refractivity (Wildman–Crippen MR) is 102 cm³/mol. The van der Waals surface area contributed by atoms with Crippen molar-refractivity contribution in [2.24, 2.45) is 0 Å². The van der Waals surface area contributed by atoms with Crippen molar-refractivity contribution < 1.29 is 9.53 Å². The number of hydrogen-bond acceptors (Lipinski definition) is 3. The smallest absolute Gasteiger partial charge is 0.228 e. The molecule has 2 aromatic rings. The normalized spacial score (nSPS) is 19.2. The van der Waals surface area contributed by atoms with Crippen LogP contribution in [-0.2, 0) is 16.0 Å². The van der Waals surface area contributed by atoms with Crippen LogP contribution in [0.15, 0.2) is 48.5 Å². The summed E-state index contributed by atoms with van der Waals surface area (Å²) in [6.45, 7) is 2.97. The SMILES string of the molecule is Cl.O=C(CC1COCCN1)N1CCc2cc(-c3ccccc3)ccc21. The second-order valence-corrected chi connectivity index (χ2v) is 6.43. The van der Waals surface area contributed by atoms with Gasteiger partial charge in [0.15, 0.2) is 0 Å². The molecule has 2 aromatic carbocycles. The molecule has 1 amide bonds. The highest BCUT2D eigenvalue weighted by Crippen LogP contribution is 2.32. The number of hydrogen-bond donors (Lipinski definition) is 1. The van der Waals surface area contributed by atoms with E-state index < -0.39 is 0 Å². The lowest BCUT2D eigenvalue weighted by Gasteiger charge is -2.26. The lowest BCUT2D eigenvalue weighted by atomic mass is 10.0. The summed E-state index contributed by atoms with van der Waals surface area (Å²) in [5, 5.41) is 3.36. The number of benzene rings is 2. The molecule has 1 saturated heterocycles. The zero-order valence-electron chi connectivity index (χ0n) is 14.1. The van der Waals surface area contributed by atoms with E-state index in [1.165, 1.54) is 16.7 Å². The summed E-state index contributed by atoms with van der Waals surface area (Å²) in [6, 6.07) is 16.9. The second kappa shape index (κ2) is 8.00. The number of fused-ring (bicyclic) bond motifs is 1. The third kappa shape index (κ3) is 3.87. The third-order valence-corrected chi connectivity index (χ3v) is 4.80.